The van der Waals surface area contributed by atoms with Crippen molar-refractivity contribution in [2.45, 2.75) is 39.7 Å². The van der Waals surface area contributed by atoms with Gasteiger partial charge >= 0.3 is 0 Å². The molecule has 1 unspecified atom stereocenters. The van der Waals surface area contributed by atoms with Crippen molar-refractivity contribution in [1.29, 1.82) is 0 Å². The number of nitrogens with one attached hydrogen (secondary N) is 1. The average Bonchev–Trinajstić information content (AvgIpc) is 2.22. The molecule has 0 aromatic heterocycles. The van der Waals surface area contributed by atoms with Gasteiger partial charge in [-0.25, -0.2) is 0 Å². The third kappa shape index (κ3) is 5.76. The largest absolute Gasteiger partial charge is 0.314 e. The summed E-state index contributed by atoms with van der Waals surface area (Å²) in [5.74, 6) is 0. The van der Waals surface area contributed by atoms with Gasteiger partial charge in [-0.2, -0.15) is 0 Å². The van der Waals surface area contributed by atoms with Crippen molar-refractivity contribution in [3.8, 4) is 0 Å². The van der Waals surface area contributed by atoms with Crippen molar-refractivity contribution < 1.29 is 0 Å². The lowest BCUT2D eigenvalue weighted by atomic mass is 10.0. The summed E-state index contributed by atoms with van der Waals surface area (Å²) in [5, 5.41) is 3.26. The molecule has 1 atom stereocenters. The van der Waals surface area contributed by atoms with Gasteiger partial charge in [0.25, 0.3) is 0 Å². The molecule has 0 rings (SSSR count). The van der Waals surface area contributed by atoms with E-state index >= 15 is 0 Å². The maximum absolute atomic E-state index is 3.26. The Morgan fingerprint density at radius 3 is 2.57 bits per heavy atom. The number of likely N-dealkylation sites (N-methyl/N-ethyl adjacent to an activating group) is 1. The first-order chi connectivity index (χ1) is 6.76. The molecule has 0 spiro atoms. The average molecular weight is 193 g/mol. The summed E-state index contributed by atoms with van der Waals surface area (Å²) in [4.78, 5) is 0. The van der Waals surface area contributed by atoms with Crippen LogP contribution in [0.15, 0.2) is 36.0 Å². The molecule has 0 fully saturated rings. The van der Waals surface area contributed by atoms with Gasteiger partial charge < -0.3 is 5.32 Å². The zero-order valence-corrected chi connectivity index (χ0v) is 9.88. The highest BCUT2D eigenvalue weighted by Gasteiger charge is 2.02. The van der Waals surface area contributed by atoms with Crippen molar-refractivity contribution >= 4 is 0 Å². The molecular weight excluding hydrogens is 170 g/mol. The molecule has 1 heteroatoms. The topological polar surface area (TPSA) is 12.0 Å². The molecule has 0 saturated heterocycles. The van der Waals surface area contributed by atoms with Crippen LogP contribution in [-0.4, -0.2) is 13.1 Å². The van der Waals surface area contributed by atoms with E-state index in [-0.39, 0.29) is 0 Å². The van der Waals surface area contributed by atoms with Crippen LogP contribution in [0.25, 0.3) is 0 Å². The van der Waals surface area contributed by atoms with Crippen molar-refractivity contribution in [2.75, 3.05) is 7.05 Å². The van der Waals surface area contributed by atoms with Crippen LogP contribution < -0.4 is 5.32 Å². The van der Waals surface area contributed by atoms with E-state index in [1.165, 1.54) is 5.57 Å². The molecule has 0 aromatic rings. The molecule has 14 heavy (non-hydrogen) atoms. The minimum Gasteiger partial charge on any atom is -0.314 e. The minimum atomic E-state index is 0.452. The second-order valence-corrected chi connectivity index (χ2v) is 3.36. The standard InChI is InChI=1S/C13H23N/c1-5-7-9-11-13(10-8-6-2)12(3)14-4/h6-9,11-12,14H,5,10H2,1-4H3/b8-6?,9-7-,13-11-. The van der Waals surface area contributed by atoms with E-state index in [4.69, 9.17) is 0 Å². The summed E-state index contributed by atoms with van der Waals surface area (Å²) in [6.07, 6.45) is 13.0. The molecule has 0 heterocycles. The van der Waals surface area contributed by atoms with Crippen LogP contribution in [0, 0.1) is 0 Å². The SMILES string of the molecule is CC=CC/C(=C/C=C\CC)C(C)NC. The van der Waals surface area contributed by atoms with Gasteiger partial charge in [-0.3, -0.25) is 0 Å². The van der Waals surface area contributed by atoms with E-state index < -0.39 is 0 Å². The van der Waals surface area contributed by atoms with Crippen LogP contribution in [0.5, 0.6) is 0 Å². The Hall–Kier alpha value is -0.820. The second kappa shape index (κ2) is 8.76. The van der Waals surface area contributed by atoms with E-state index in [1.807, 2.05) is 7.05 Å². The summed E-state index contributed by atoms with van der Waals surface area (Å²) in [5.41, 5.74) is 1.43. The van der Waals surface area contributed by atoms with Gasteiger partial charge in [-0.05, 0) is 39.3 Å². The zero-order chi connectivity index (χ0) is 10.8. The van der Waals surface area contributed by atoms with E-state index in [0.717, 1.165) is 12.8 Å². The Morgan fingerprint density at radius 2 is 2.07 bits per heavy atom. The summed E-state index contributed by atoms with van der Waals surface area (Å²) < 4.78 is 0. The molecule has 0 amide bonds. The Kier molecular flexibility index (Phi) is 8.25. The van der Waals surface area contributed by atoms with Crippen molar-refractivity contribution in [1.82, 2.24) is 5.32 Å². The fourth-order valence-corrected chi connectivity index (χ4v) is 1.16. The highest BCUT2D eigenvalue weighted by atomic mass is 14.9. The summed E-state index contributed by atoms with van der Waals surface area (Å²) in [6.45, 7) is 6.40. The fraction of sp³-hybridized carbons (Fsp3) is 0.538. The van der Waals surface area contributed by atoms with Crippen molar-refractivity contribution in [3.05, 3.63) is 36.0 Å². The van der Waals surface area contributed by atoms with Crippen molar-refractivity contribution in [3.63, 3.8) is 0 Å². The molecule has 1 N–H and O–H groups in total. The summed E-state index contributed by atoms with van der Waals surface area (Å²) >= 11 is 0. The molecule has 0 bridgehead atoms. The van der Waals surface area contributed by atoms with Crippen LogP contribution in [-0.2, 0) is 0 Å². The van der Waals surface area contributed by atoms with E-state index in [0.29, 0.717) is 6.04 Å². The monoisotopic (exact) mass is 193 g/mol. The van der Waals surface area contributed by atoms with Crippen molar-refractivity contribution in [2.24, 2.45) is 0 Å². The smallest absolute Gasteiger partial charge is 0.0254 e. The zero-order valence-electron chi connectivity index (χ0n) is 9.88. The molecular formula is C13H23N. The quantitative estimate of drug-likeness (QED) is 0.503. The van der Waals surface area contributed by atoms with Crippen LogP contribution in [0.3, 0.4) is 0 Å². The Labute approximate surface area is 88.6 Å². The van der Waals surface area contributed by atoms with Crippen LogP contribution >= 0.6 is 0 Å². The molecule has 0 aromatic carbocycles. The molecule has 0 saturated carbocycles. The van der Waals surface area contributed by atoms with Crippen LogP contribution in [0.2, 0.25) is 0 Å². The number of hydrogen-bond donors (Lipinski definition) is 1. The number of allylic oxidation sites excluding steroid dienone is 5. The molecule has 0 aliphatic carbocycles. The number of hydrogen-bond acceptors (Lipinski definition) is 1. The predicted octanol–water partition coefficient (Wildman–Crippen LogP) is 3.45. The van der Waals surface area contributed by atoms with Gasteiger partial charge in [0.15, 0.2) is 0 Å². The van der Waals surface area contributed by atoms with Gasteiger partial charge in [0, 0.05) is 6.04 Å². The molecule has 80 valence electrons. The molecule has 0 radical (unpaired) electrons. The third-order valence-corrected chi connectivity index (χ3v) is 2.26. The van der Waals surface area contributed by atoms with Crippen LogP contribution in [0.1, 0.15) is 33.6 Å². The first-order valence-corrected chi connectivity index (χ1v) is 5.40. The van der Waals surface area contributed by atoms with E-state index in [9.17, 15) is 0 Å². The van der Waals surface area contributed by atoms with Gasteiger partial charge in [0.1, 0.15) is 0 Å². The number of rotatable bonds is 6. The lowest BCUT2D eigenvalue weighted by molar-refractivity contribution is 0.680. The normalized spacial score (nSPS) is 15.6. The van der Waals surface area contributed by atoms with Gasteiger partial charge in [-0.15, -0.1) is 0 Å². The summed E-state index contributed by atoms with van der Waals surface area (Å²) in [7, 11) is 2.00. The maximum Gasteiger partial charge on any atom is 0.0254 e. The van der Waals surface area contributed by atoms with Gasteiger partial charge in [0.05, 0.1) is 0 Å². The first-order valence-electron chi connectivity index (χ1n) is 5.40. The minimum absolute atomic E-state index is 0.452. The van der Waals surface area contributed by atoms with Gasteiger partial charge in [-0.1, -0.05) is 37.3 Å². The highest BCUT2D eigenvalue weighted by Crippen LogP contribution is 2.08. The lowest BCUT2D eigenvalue weighted by Gasteiger charge is -2.12. The molecule has 1 nitrogen and oxygen atoms in total. The Balaban J connectivity index is 4.36. The maximum atomic E-state index is 3.26. The van der Waals surface area contributed by atoms with E-state index in [1.54, 1.807) is 0 Å². The van der Waals surface area contributed by atoms with Crippen LogP contribution in [0.4, 0.5) is 0 Å². The second-order valence-electron chi connectivity index (χ2n) is 3.36. The Bertz CT molecular complexity index is 211. The highest BCUT2D eigenvalue weighted by molar-refractivity contribution is 5.19. The van der Waals surface area contributed by atoms with Gasteiger partial charge in [0.2, 0.25) is 0 Å². The third-order valence-electron chi connectivity index (χ3n) is 2.26. The predicted molar refractivity (Wildman–Crippen MR) is 65.5 cm³/mol. The molecule has 0 aliphatic rings. The summed E-state index contributed by atoms with van der Waals surface area (Å²) in [6, 6.07) is 0.452. The Morgan fingerprint density at radius 1 is 1.36 bits per heavy atom. The fourth-order valence-electron chi connectivity index (χ4n) is 1.16. The molecule has 0 aliphatic heterocycles. The first kappa shape index (κ1) is 13.2. The van der Waals surface area contributed by atoms with E-state index in [2.05, 4.69) is 56.5 Å². The lowest BCUT2D eigenvalue weighted by Crippen LogP contribution is -2.23.